The van der Waals surface area contributed by atoms with Crippen molar-refractivity contribution in [3.8, 4) is 0 Å². The lowest BCUT2D eigenvalue weighted by Gasteiger charge is -2.16. The zero-order chi connectivity index (χ0) is 12.4. The molecule has 4 heteroatoms. The van der Waals surface area contributed by atoms with E-state index < -0.39 is 0 Å². The van der Waals surface area contributed by atoms with Crippen molar-refractivity contribution in [3.05, 3.63) is 29.6 Å². The molecule has 2 rings (SSSR count). The molecule has 1 aromatic rings. The summed E-state index contributed by atoms with van der Waals surface area (Å²) in [5, 5.41) is 5.94. The number of benzene rings is 1. The lowest BCUT2D eigenvalue weighted by molar-refractivity contribution is -0.121. The molecule has 2 N–H and O–H groups in total. The van der Waals surface area contributed by atoms with Gasteiger partial charge in [-0.2, -0.15) is 0 Å². The van der Waals surface area contributed by atoms with Crippen molar-refractivity contribution in [1.82, 2.24) is 5.32 Å². The molecule has 1 atom stereocenters. The molecule has 1 amide bonds. The zero-order valence-electron chi connectivity index (χ0n) is 10.1. The second kappa shape index (κ2) is 4.73. The number of hydrogen-bond donors (Lipinski definition) is 2. The Hall–Kier alpha value is -1.58. The molecule has 1 fully saturated rings. The SMILES string of the molecule is Cc1c(F)cccc1NC(C)C(=O)NC1CC1. The summed E-state index contributed by atoms with van der Waals surface area (Å²) in [6, 6.07) is 4.82. The van der Waals surface area contributed by atoms with E-state index in [0.717, 1.165) is 12.8 Å². The van der Waals surface area contributed by atoms with Crippen LogP contribution in [0.5, 0.6) is 0 Å². The Morgan fingerprint density at radius 2 is 2.18 bits per heavy atom. The third-order valence-electron chi connectivity index (χ3n) is 2.96. The van der Waals surface area contributed by atoms with Gasteiger partial charge in [0, 0.05) is 17.3 Å². The first-order chi connectivity index (χ1) is 8.08. The van der Waals surface area contributed by atoms with Crippen LogP contribution < -0.4 is 10.6 Å². The third-order valence-corrected chi connectivity index (χ3v) is 2.96. The van der Waals surface area contributed by atoms with Crippen LogP contribution in [0.1, 0.15) is 25.3 Å². The van der Waals surface area contributed by atoms with Gasteiger partial charge in [-0.1, -0.05) is 6.07 Å². The lowest BCUT2D eigenvalue weighted by atomic mass is 10.1. The van der Waals surface area contributed by atoms with Gasteiger partial charge in [0.25, 0.3) is 0 Å². The maximum absolute atomic E-state index is 13.3. The molecule has 92 valence electrons. The molecule has 1 aromatic carbocycles. The molecular weight excluding hydrogens is 219 g/mol. The first-order valence-electron chi connectivity index (χ1n) is 5.90. The fourth-order valence-corrected chi connectivity index (χ4v) is 1.62. The lowest BCUT2D eigenvalue weighted by Crippen LogP contribution is -2.38. The quantitative estimate of drug-likeness (QED) is 0.841. The number of hydrogen-bond acceptors (Lipinski definition) is 2. The van der Waals surface area contributed by atoms with Crippen LogP contribution in [0.15, 0.2) is 18.2 Å². The smallest absolute Gasteiger partial charge is 0.242 e. The summed E-state index contributed by atoms with van der Waals surface area (Å²) in [5.74, 6) is -0.291. The van der Waals surface area contributed by atoms with Gasteiger partial charge in [-0.25, -0.2) is 4.39 Å². The van der Waals surface area contributed by atoms with Gasteiger partial charge in [0.1, 0.15) is 11.9 Å². The molecule has 0 spiro atoms. The fourth-order valence-electron chi connectivity index (χ4n) is 1.62. The van der Waals surface area contributed by atoms with Gasteiger partial charge in [0.15, 0.2) is 0 Å². The average molecular weight is 236 g/mol. The van der Waals surface area contributed by atoms with E-state index in [1.165, 1.54) is 6.07 Å². The number of carbonyl (C=O) groups excluding carboxylic acids is 1. The summed E-state index contributed by atoms with van der Waals surface area (Å²) in [6.07, 6.45) is 2.13. The highest BCUT2D eigenvalue weighted by molar-refractivity contribution is 5.84. The predicted octanol–water partition coefficient (Wildman–Crippen LogP) is 2.21. The van der Waals surface area contributed by atoms with Gasteiger partial charge < -0.3 is 10.6 Å². The first kappa shape index (κ1) is 11.9. The van der Waals surface area contributed by atoms with E-state index in [-0.39, 0.29) is 17.8 Å². The molecule has 17 heavy (non-hydrogen) atoms. The second-order valence-corrected chi connectivity index (χ2v) is 4.56. The Morgan fingerprint density at radius 1 is 1.47 bits per heavy atom. The molecular formula is C13H17FN2O. The minimum Gasteiger partial charge on any atom is -0.374 e. The van der Waals surface area contributed by atoms with E-state index in [9.17, 15) is 9.18 Å². The Bertz CT molecular complexity index is 429. The van der Waals surface area contributed by atoms with Crippen LogP contribution >= 0.6 is 0 Å². The molecule has 0 aromatic heterocycles. The van der Waals surface area contributed by atoms with Crippen LogP contribution in [0, 0.1) is 12.7 Å². The average Bonchev–Trinajstić information content (AvgIpc) is 3.08. The van der Waals surface area contributed by atoms with Crippen LogP contribution in [0.25, 0.3) is 0 Å². The van der Waals surface area contributed by atoms with Gasteiger partial charge in [-0.15, -0.1) is 0 Å². The molecule has 1 saturated carbocycles. The highest BCUT2D eigenvalue weighted by Gasteiger charge is 2.25. The molecule has 1 unspecified atom stereocenters. The molecule has 3 nitrogen and oxygen atoms in total. The van der Waals surface area contributed by atoms with E-state index in [2.05, 4.69) is 10.6 Å². The zero-order valence-corrected chi connectivity index (χ0v) is 10.1. The normalized spacial score (nSPS) is 16.4. The molecule has 1 aliphatic rings. The Kier molecular flexibility index (Phi) is 3.31. The highest BCUT2D eigenvalue weighted by atomic mass is 19.1. The maximum atomic E-state index is 13.3. The van der Waals surface area contributed by atoms with Gasteiger partial charge >= 0.3 is 0 Å². The molecule has 0 aliphatic heterocycles. The number of rotatable bonds is 4. The van der Waals surface area contributed by atoms with E-state index in [0.29, 0.717) is 17.3 Å². The topological polar surface area (TPSA) is 41.1 Å². The van der Waals surface area contributed by atoms with Crippen molar-refractivity contribution in [2.45, 2.75) is 38.8 Å². The van der Waals surface area contributed by atoms with Gasteiger partial charge in [-0.3, -0.25) is 4.79 Å². The van der Waals surface area contributed by atoms with Crippen LogP contribution in [0.2, 0.25) is 0 Å². The Balaban J connectivity index is 1.99. The number of halogens is 1. The number of amides is 1. The standard InChI is InChI=1S/C13H17FN2O/c1-8-11(14)4-3-5-12(8)15-9(2)13(17)16-10-6-7-10/h3-5,9-10,15H,6-7H2,1-2H3,(H,16,17). The molecule has 0 saturated heterocycles. The summed E-state index contributed by atoms with van der Waals surface area (Å²) in [6.45, 7) is 3.48. The van der Waals surface area contributed by atoms with Gasteiger partial charge in [0.2, 0.25) is 5.91 Å². The highest BCUT2D eigenvalue weighted by Crippen LogP contribution is 2.20. The van der Waals surface area contributed by atoms with E-state index >= 15 is 0 Å². The van der Waals surface area contributed by atoms with E-state index in [4.69, 9.17) is 0 Å². The minimum atomic E-state index is -0.351. The number of anilines is 1. The predicted molar refractivity (Wildman–Crippen MR) is 65.4 cm³/mol. The van der Waals surface area contributed by atoms with Gasteiger partial charge in [-0.05, 0) is 38.8 Å². The van der Waals surface area contributed by atoms with Gasteiger partial charge in [0.05, 0.1) is 0 Å². The second-order valence-electron chi connectivity index (χ2n) is 4.56. The summed E-state index contributed by atoms with van der Waals surface area (Å²) >= 11 is 0. The number of nitrogens with one attached hydrogen (secondary N) is 2. The molecule has 0 heterocycles. The maximum Gasteiger partial charge on any atom is 0.242 e. The van der Waals surface area contributed by atoms with Crippen molar-refractivity contribution in [2.24, 2.45) is 0 Å². The van der Waals surface area contributed by atoms with E-state index in [1.807, 2.05) is 0 Å². The summed E-state index contributed by atoms with van der Waals surface area (Å²) < 4.78 is 13.3. The molecule has 0 bridgehead atoms. The van der Waals surface area contributed by atoms with Crippen LogP contribution in [0.3, 0.4) is 0 Å². The number of carbonyl (C=O) groups is 1. The minimum absolute atomic E-state index is 0.0313. The van der Waals surface area contributed by atoms with Crippen molar-refractivity contribution in [1.29, 1.82) is 0 Å². The monoisotopic (exact) mass is 236 g/mol. The molecule has 1 aliphatic carbocycles. The first-order valence-corrected chi connectivity index (χ1v) is 5.90. The van der Waals surface area contributed by atoms with Crippen molar-refractivity contribution in [2.75, 3.05) is 5.32 Å². The van der Waals surface area contributed by atoms with Crippen molar-refractivity contribution < 1.29 is 9.18 Å². The van der Waals surface area contributed by atoms with Crippen LogP contribution in [-0.2, 0) is 4.79 Å². The summed E-state index contributed by atoms with van der Waals surface area (Å²) in [5.41, 5.74) is 1.21. The van der Waals surface area contributed by atoms with Crippen LogP contribution in [0.4, 0.5) is 10.1 Å². The summed E-state index contributed by atoms with van der Waals surface area (Å²) in [7, 11) is 0. The fraction of sp³-hybridized carbons (Fsp3) is 0.462. The van der Waals surface area contributed by atoms with Crippen molar-refractivity contribution >= 4 is 11.6 Å². The van der Waals surface area contributed by atoms with Crippen LogP contribution in [-0.4, -0.2) is 18.0 Å². The van der Waals surface area contributed by atoms with Crippen molar-refractivity contribution in [3.63, 3.8) is 0 Å². The Labute approximate surface area is 100 Å². The van der Waals surface area contributed by atoms with E-state index in [1.54, 1.807) is 26.0 Å². The Morgan fingerprint density at radius 3 is 2.82 bits per heavy atom. The molecule has 0 radical (unpaired) electrons. The summed E-state index contributed by atoms with van der Waals surface area (Å²) in [4.78, 5) is 11.7. The third kappa shape index (κ3) is 2.96. The largest absolute Gasteiger partial charge is 0.374 e.